The lowest BCUT2D eigenvalue weighted by molar-refractivity contribution is -0.148. The van der Waals surface area contributed by atoms with Crippen molar-refractivity contribution >= 4 is 11.9 Å². The standard InChI is InChI=1S/C14H19NO3/c1-3-8-12(16)15-14(4-2,13(17)18)11-9-6-5-7-10-11/h5-7,9-10H,3-4,8H2,1-2H3,(H,15,16)(H,17,18)/t14-/m0/s1. The molecule has 1 aromatic rings. The van der Waals surface area contributed by atoms with Crippen molar-refractivity contribution in [2.24, 2.45) is 0 Å². The molecule has 0 unspecified atom stereocenters. The number of nitrogens with one attached hydrogen (secondary N) is 1. The molecule has 1 rings (SSSR count). The number of carboxylic acids is 1. The summed E-state index contributed by atoms with van der Waals surface area (Å²) in [6, 6.07) is 8.82. The molecule has 0 aromatic heterocycles. The van der Waals surface area contributed by atoms with Crippen LogP contribution in [0.1, 0.15) is 38.7 Å². The van der Waals surface area contributed by atoms with Gasteiger partial charge in [-0.15, -0.1) is 0 Å². The van der Waals surface area contributed by atoms with Gasteiger partial charge in [0.25, 0.3) is 0 Å². The molecule has 0 heterocycles. The van der Waals surface area contributed by atoms with E-state index in [-0.39, 0.29) is 5.91 Å². The topological polar surface area (TPSA) is 66.4 Å². The van der Waals surface area contributed by atoms with E-state index in [0.29, 0.717) is 24.8 Å². The Labute approximate surface area is 107 Å². The maximum atomic E-state index is 11.7. The fourth-order valence-corrected chi connectivity index (χ4v) is 1.94. The lowest BCUT2D eigenvalue weighted by Crippen LogP contribution is -2.51. The number of aliphatic carboxylic acids is 1. The summed E-state index contributed by atoms with van der Waals surface area (Å²) < 4.78 is 0. The fourth-order valence-electron chi connectivity index (χ4n) is 1.94. The summed E-state index contributed by atoms with van der Waals surface area (Å²) in [4.78, 5) is 23.3. The molecule has 0 aliphatic carbocycles. The molecule has 2 N–H and O–H groups in total. The zero-order valence-corrected chi connectivity index (χ0v) is 10.8. The first-order valence-corrected chi connectivity index (χ1v) is 6.16. The molecule has 4 nitrogen and oxygen atoms in total. The van der Waals surface area contributed by atoms with Crippen LogP contribution in [0.15, 0.2) is 30.3 Å². The molecule has 0 saturated heterocycles. The largest absolute Gasteiger partial charge is 0.479 e. The van der Waals surface area contributed by atoms with Gasteiger partial charge >= 0.3 is 5.97 Å². The predicted molar refractivity (Wildman–Crippen MR) is 69.1 cm³/mol. The zero-order chi connectivity index (χ0) is 13.6. The van der Waals surface area contributed by atoms with Gasteiger partial charge in [0.2, 0.25) is 5.91 Å². The fraction of sp³-hybridized carbons (Fsp3) is 0.429. The minimum atomic E-state index is -1.33. The first-order chi connectivity index (χ1) is 8.56. The van der Waals surface area contributed by atoms with Crippen molar-refractivity contribution in [2.75, 3.05) is 0 Å². The van der Waals surface area contributed by atoms with Crippen molar-refractivity contribution in [3.05, 3.63) is 35.9 Å². The maximum absolute atomic E-state index is 11.7. The Bertz CT molecular complexity index is 416. The number of benzene rings is 1. The smallest absolute Gasteiger partial charge is 0.334 e. The van der Waals surface area contributed by atoms with Gasteiger partial charge < -0.3 is 10.4 Å². The molecule has 0 spiro atoms. The molecule has 18 heavy (non-hydrogen) atoms. The molecule has 0 aliphatic rings. The highest BCUT2D eigenvalue weighted by molar-refractivity contribution is 5.88. The molecule has 1 atom stereocenters. The lowest BCUT2D eigenvalue weighted by atomic mass is 9.87. The van der Waals surface area contributed by atoms with Gasteiger partial charge in [-0.25, -0.2) is 4.79 Å². The number of amides is 1. The normalized spacial score (nSPS) is 13.7. The minimum absolute atomic E-state index is 0.231. The molecule has 0 radical (unpaired) electrons. The van der Waals surface area contributed by atoms with Gasteiger partial charge in [-0.2, -0.15) is 0 Å². The van der Waals surface area contributed by atoms with Crippen molar-refractivity contribution in [1.82, 2.24) is 5.32 Å². The molecule has 0 fully saturated rings. The number of carbonyl (C=O) groups excluding carboxylic acids is 1. The summed E-state index contributed by atoms with van der Waals surface area (Å²) in [5.74, 6) is -1.26. The second kappa shape index (κ2) is 6.19. The number of hydrogen-bond acceptors (Lipinski definition) is 2. The number of carbonyl (C=O) groups is 2. The van der Waals surface area contributed by atoms with E-state index in [4.69, 9.17) is 0 Å². The van der Waals surface area contributed by atoms with Crippen LogP contribution in [0.5, 0.6) is 0 Å². The maximum Gasteiger partial charge on any atom is 0.334 e. The minimum Gasteiger partial charge on any atom is -0.479 e. The van der Waals surface area contributed by atoms with E-state index < -0.39 is 11.5 Å². The van der Waals surface area contributed by atoms with Crippen LogP contribution in [0.25, 0.3) is 0 Å². The van der Waals surface area contributed by atoms with Crippen molar-refractivity contribution in [3.8, 4) is 0 Å². The highest BCUT2D eigenvalue weighted by Gasteiger charge is 2.39. The van der Waals surface area contributed by atoms with E-state index in [1.54, 1.807) is 31.2 Å². The van der Waals surface area contributed by atoms with Crippen LogP contribution in [-0.4, -0.2) is 17.0 Å². The van der Waals surface area contributed by atoms with Gasteiger partial charge in [-0.1, -0.05) is 44.2 Å². The molecule has 1 amide bonds. The zero-order valence-electron chi connectivity index (χ0n) is 10.8. The Morgan fingerprint density at radius 3 is 2.28 bits per heavy atom. The Morgan fingerprint density at radius 2 is 1.83 bits per heavy atom. The van der Waals surface area contributed by atoms with Gasteiger partial charge in [-0.05, 0) is 18.4 Å². The van der Waals surface area contributed by atoms with Gasteiger partial charge in [0.15, 0.2) is 5.54 Å². The van der Waals surface area contributed by atoms with E-state index in [9.17, 15) is 14.7 Å². The summed E-state index contributed by atoms with van der Waals surface area (Å²) in [5, 5.41) is 12.1. The Morgan fingerprint density at radius 1 is 1.22 bits per heavy atom. The molecule has 4 heteroatoms. The highest BCUT2D eigenvalue weighted by Crippen LogP contribution is 2.25. The van der Waals surface area contributed by atoms with Gasteiger partial charge in [0.05, 0.1) is 0 Å². The Hall–Kier alpha value is -1.84. The van der Waals surface area contributed by atoms with Crippen LogP contribution >= 0.6 is 0 Å². The number of rotatable bonds is 6. The summed E-state index contributed by atoms with van der Waals surface area (Å²) >= 11 is 0. The summed E-state index contributed by atoms with van der Waals surface area (Å²) in [5.41, 5.74) is -0.725. The van der Waals surface area contributed by atoms with Crippen LogP contribution < -0.4 is 5.32 Å². The quantitative estimate of drug-likeness (QED) is 0.813. The first kappa shape index (κ1) is 14.2. The second-order valence-corrected chi connectivity index (χ2v) is 4.23. The van der Waals surface area contributed by atoms with E-state index in [0.717, 1.165) is 0 Å². The molecule has 0 aliphatic heterocycles. The van der Waals surface area contributed by atoms with Crippen LogP contribution in [0.4, 0.5) is 0 Å². The molecule has 0 bridgehead atoms. The van der Waals surface area contributed by atoms with Gasteiger partial charge in [0.1, 0.15) is 0 Å². The van der Waals surface area contributed by atoms with Crippen LogP contribution in [0.3, 0.4) is 0 Å². The van der Waals surface area contributed by atoms with Crippen LogP contribution in [0, 0.1) is 0 Å². The third kappa shape index (κ3) is 2.88. The van der Waals surface area contributed by atoms with Crippen molar-refractivity contribution in [1.29, 1.82) is 0 Å². The van der Waals surface area contributed by atoms with E-state index in [1.165, 1.54) is 0 Å². The van der Waals surface area contributed by atoms with Crippen molar-refractivity contribution in [2.45, 2.75) is 38.6 Å². The Kier molecular flexibility index (Phi) is 4.89. The van der Waals surface area contributed by atoms with E-state index >= 15 is 0 Å². The van der Waals surface area contributed by atoms with E-state index in [2.05, 4.69) is 5.32 Å². The SMILES string of the molecule is CCCC(=O)N[C@](CC)(C(=O)O)c1ccccc1. The van der Waals surface area contributed by atoms with E-state index in [1.807, 2.05) is 13.0 Å². The molecular weight excluding hydrogens is 230 g/mol. The number of carboxylic acid groups (broad SMARTS) is 1. The van der Waals surface area contributed by atoms with Gasteiger partial charge in [0, 0.05) is 6.42 Å². The molecule has 1 aromatic carbocycles. The van der Waals surface area contributed by atoms with Gasteiger partial charge in [-0.3, -0.25) is 4.79 Å². The number of hydrogen-bond donors (Lipinski definition) is 2. The predicted octanol–water partition coefficient (Wildman–Crippen LogP) is 2.29. The molecule has 0 saturated carbocycles. The van der Waals surface area contributed by atoms with Crippen molar-refractivity contribution in [3.63, 3.8) is 0 Å². The summed E-state index contributed by atoms with van der Waals surface area (Å²) in [6.45, 7) is 3.64. The monoisotopic (exact) mass is 249 g/mol. The first-order valence-electron chi connectivity index (χ1n) is 6.16. The average molecular weight is 249 g/mol. The summed E-state index contributed by atoms with van der Waals surface area (Å²) in [6.07, 6.45) is 1.34. The third-order valence-electron chi connectivity index (χ3n) is 2.99. The third-order valence-corrected chi connectivity index (χ3v) is 2.99. The molecule has 98 valence electrons. The average Bonchev–Trinajstić information content (AvgIpc) is 2.37. The Balaban J connectivity index is 3.10. The summed E-state index contributed by atoms with van der Waals surface area (Å²) in [7, 11) is 0. The van der Waals surface area contributed by atoms with Crippen molar-refractivity contribution < 1.29 is 14.7 Å². The molecular formula is C14H19NO3. The van der Waals surface area contributed by atoms with Crippen LogP contribution in [-0.2, 0) is 15.1 Å². The highest BCUT2D eigenvalue weighted by atomic mass is 16.4. The second-order valence-electron chi connectivity index (χ2n) is 4.23. The lowest BCUT2D eigenvalue weighted by Gasteiger charge is -2.30. The van der Waals surface area contributed by atoms with Crippen LogP contribution in [0.2, 0.25) is 0 Å².